The van der Waals surface area contributed by atoms with Crippen LogP contribution in [0.1, 0.15) is 44.4 Å². The zero-order chi connectivity index (χ0) is 21.0. The number of carbonyl (C=O) groups is 3. The first kappa shape index (κ1) is 20.3. The van der Waals surface area contributed by atoms with Crippen LogP contribution >= 0.6 is 0 Å². The molecule has 1 heterocycles. The summed E-state index contributed by atoms with van der Waals surface area (Å²) in [7, 11) is 0. The van der Waals surface area contributed by atoms with Gasteiger partial charge in [0, 0.05) is 30.4 Å². The fourth-order valence-corrected chi connectivity index (χ4v) is 3.22. The molecule has 1 aliphatic heterocycles. The van der Waals surface area contributed by atoms with Gasteiger partial charge in [-0.1, -0.05) is 38.1 Å². The van der Waals surface area contributed by atoms with E-state index < -0.39 is 0 Å². The van der Waals surface area contributed by atoms with Gasteiger partial charge in [-0.05, 0) is 41.5 Å². The molecule has 0 saturated carbocycles. The van der Waals surface area contributed by atoms with Crippen molar-refractivity contribution in [2.24, 2.45) is 5.92 Å². The van der Waals surface area contributed by atoms with Gasteiger partial charge in [0.05, 0.1) is 12.5 Å². The zero-order valence-electron chi connectivity index (χ0n) is 16.8. The maximum absolute atomic E-state index is 12.7. The predicted molar refractivity (Wildman–Crippen MR) is 114 cm³/mol. The minimum absolute atomic E-state index is 0.0601. The summed E-state index contributed by atoms with van der Waals surface area (Å²) in [6.45, 7) is 5.15. The van der Waals surface area contributed by atoms with E-state index in [1.54, 1.807) is 35.4 Å². The van der Waals surface area contributed by atoms with E-state index in [1.807, 2.05) is 44.2 Å². The lowest BCUT2D eigenvalue weighted by Gasteiger charge is -2.32. The summed E-state index contributed by atoms with van der Waals surface area (Å²) in [5.41, 5.74) is 3.27. The van der Waals surface area contributed by atoms with Crippen molar-refractivity contribution in [3.05, 3.63) is 65.9 Å². The number of carbonyl (C=O) groups excluding carboxylic acids is 3. The van der Waals surface area contributed by atoms with Crippen molar-refractivity contribution < 1.29 is 14.4 Å². The van der Waals surface area contributed by atoms with Crippen LogP contribution in [0, 0.1) is 5.92 Å². The summed E-state index contributed by atoms with van der Waals surface area (Å²) in [6, 6.07) is 14.4. The Morgan fingerprint density at radius 3 is 2.21 bits per heavy atom. The SMILES string of the molecule is CC(=O)N1C=Cc2ccccc2C1CC(=O)Nc1ccc(NC(=O)C(C)C)cc1. The fraction of sp³-hybridized carbons (Fsp3) is 0.261. The molecule has 0 fully saturated rings. The second kappa shape index (κ2) is 8.73. The summed E-state index contributed by atoms with van der Waals surface area (Å²) in [5, 5.41) is 5.68. The molecule has 1 atom stereocenters. The summed E-state index contributed by atoms with van der Waals surface area (Å²) in [5.74, 6) is -0.467. The molecule has 0 radical (unpaired) electrons. The van der Waals surface area contributed by atoms with Gasteiger partial charge in [0.15, 0.2) is 0 Å². The van der Waals surface area contributed by atoms with Crippen molar-refractivity contribution in [1.29, 1.82) is 0 Å². The molecule has 0 saturated heterocycles. The molecule has 2 N–H and O–H groups in total. The Kier molecular flexibility index (Phi) is 6.12. The number of amides is 3. The highest BCUT2D eigenvalue weighted by molar-refractivity contribution is 5.94. The van der Waals surface area contributed by atoms with Gasteiger partial charge in [0.2, 0.25) is 17.7 Å². The lowest BCUT2D eigenvalue weighted by atomic mass is 9.93. The summed E-state index contributed by atoms with van der Waals surface area (Å²) in [6.07, 6.45) is 3.76. The Bertz CT molecular complexity index is 948. The van der Waals surface area contributed by atoms with Crippen molar-refractivity contribution in [3.63, 3.8) is 0 Å². The van der Waals surface area contributed by atoms with Crippen LogP contribution in [-0.2, 0) is 14.4 Å². The quantitative estimate of drug-likeness (QED) is 0.802. The molecule has 1 unspecified atom stereocenters. The molecule has 0 aliphatic carbocycles. The number of hydrogen-bond acceptors (Lipinski definition) is 3. The van der Waals surface area contributed by atoms with E-state index in [-0.39, 0.29) is 36.1 Å². The van der Waals surface area contributed by atoms with Gasteiger partial charge < -0.3 is 15.5 Å². The van der Waals surface area contributed by atoms with Gasteiger partial charge in [0.25, 0.3) is 0 Å². The average molecular weight is 391 g/mol. The van der Waals surface area contributed by atoms with Crippen LogP contribution in [0.3, 0.4) is 0 Å². The van der Waals surface area contributed by atoms with Crippen LogP contribution in [0.5, 0.6) is 0 Å². The maximum atomic E-state index is 12.7. The third-order valence-electron chi connectivity index (χ3n) is 4.81. The second-order valence-electron chi connectivity index (χ2n) is 7.36. The van der Waals surface area contributed by atoms with Crippen LogP contribution < -0.4 is 10.6 Å². The minimum Gasteiger partial charge on any atom is -0.326 e. The fourth-order valence-electron chi connectivity index (χ4n) is 3.22. The van der Waals surface area contributed by atoms with Crippen LogP contribution in [0.4, 0.5) is 11.4 Å². The van der Waals surface area contributed by atoms with E-state index in [0.717, 1.165) is 11.1 Å². The highest BCUT2D eigenvalue weighted by Crippen LogP contribution is 2.33. The molecule has 29 heavy (non-hydrogen) atoms. The zero-order valence-corrected chi connectivity index (χ0v) is 16.8. The number of anilines is 2. The van der Waals surface area contributed by atoms with Gasteiger partial charge in [-0.15, -0.1) is 0 Å². The summed E-state index contributed by atoms with van der Waals surface area (Å²) in [4.78, 5) is 38.1. The molecular weight excluding hydrogens is 366 g/mol. The molecule has 0 bridgehead atoms. The highest BCUT2D eigenvalue weighted by atomic mass is 16.2. The number of hydrogen-bond donors (Lipinski definition) is 2. The normalized spacial score (nSPS) is 15.0. The number of nitrogens with one attached hydrogen (secondary N) is 2. The molecule has 6 nitrogen and oxygen atoms in total. The smallest absolute Gasteiger partial charge is 0.226 e. The van der Waals surface area contributed by atoms with Crippen LogP contribution in [0.25, 0.3) is 6.08 Å². The molecule has 2 aromatic rings. The van der Waals surface area contributed by atoms with E-state index in [9.17, 15) is 14.4 Å². The monoisotopic (exact) mass is 391 g/mol. The third kappa shape index (κ3) is 4.90. The molecular formula is C23H25N3O3. The number of rotatable bonds is 5. The minimum atomic E-state index is -0.349. The Morgan fingerprint density at radius 2 is 1.59 bits per heavy atom. The maximum Gasteiger partial charge on any atom is 0.226 e. The van der Waals surface area contributed by atoms with Gasteiger partial charge in [0.1, 0.15) is 0 Å². The van der Waals surface area contributed by atoms with Crippen LogP contribution in [-0.4, -0.2) is 22.6 Å². The lowest BCUT2D eigenvalue weighted by Crippen LogP contribution is -2.33. The number of fused-ring (bicyclic) bond motifs is 1. The number of nitrogens with zero attached hydrogens (tertiary/aromatic N) is 1. The van der Waals surface area contributed by atoms with Crippen LogP contribution in [0.15, 0.2) is 54.7 Å². The predicted octanol–water partition coefficient (Wildman–Crippen LogP) is 4.18. The van der Waals surface area contributed by atoms with Crippen molar-refractivity contribution in [1.82, 2.24) is 4.90 Å². The topological polar surface area (TPSA) is 78.5 Å². The van der Waals surface area contributed by atoms with E-state index >= 15 is 0 Å². The van der Waals surface area contributed by atoms with Gasteiger partial charge in [-0.3, -0.25) is 14.4 Å². The first-order valence-electron chi connectivity index (χ1n) is 9.62. The lowest BCUT2D eigenvalue weighted by molar-refractivity contribution is -0.129. The number of benzene rings is 2. The molecule has 0 aromatic heterocycles. The molecule has 6 heteroatoms. The van der Waals surface area contributed by atoms with Gasteiger partial charge in [-0.2, -0.15) is 0 Å². The Labute approximate surface area is 170 Å². The first-order chi connectivity index (χ1) is 13.8. The van der Waals surface area contributed by atoms with Crippen molar-refractivity contribution in [2.45, 2.75) is 33.2 Å². The van der Waals surface area contributed by atoms with Crippen molar-refractivity contribution in [3.8, 4) is 0 Å². The molecule has 3 rings (SSSR count). The van der Waals surface area contributed by atoms with E-state index in [2.05, 4.69) is 10.6 Å². The van der Waals surface area contributed by atoms with E-state index in [1.165, 1.54) is 6.92 Å². The Hall–Kier alpha value is -3.41. The average Bonchev–Trinajstić information content (AvgIpc) is 2.69. The molecule has 0 spiro atoms. The first-order valence-corrected chi connectivity index (χ1v) is 9.62. The van der Waals surface area contributed by atoms with E-state index in [4.69, 9.17) is 0 Å². The summed E-state index contributed by atoms with van der Waals surface area (Å²) >= 11 is 0. The van der Waals surface area contributed by atoms with E-state index in [0.29, 0.717) is 11.4 Å². The van der Waals surface area contributed by atoms with Crippen LogP contribution in [0.2, 0.25) is 0 Å². The standard InChI is InChI=1S/C23H25N3O3/c1-15(2)23(29)25-19-10-8-18(9-11-19)24-22(28)14-21-20-7-5-4-6-17(20)12-13-26(21)16(3)27/h4-13,15,21H,14H2,1-3H3,(H,24,28)(H,25,29). The molecule has 1 aliphatic rings. The molecule has 2 aromatic carbocycles. The largest absolute Gasteiger partial charge is 0.326 e. The van der Waals surface area contributed by atoms with Crippen molar-refractivity contribution >= 4 is 35.2 Å². The molecule has 3 amide bonds. The van der Waals surface area contributed by atoms with Crippen molar-refractivity contribution in [2.75, 3.05) is 10.6 Å². The van der Waals surface area contributed by atoms with Gasteiger partial charge in [-0.25, -0.2) is 0 Å². The molecule has 150 valence electrons. The Balaban J connectivity index is 1.69. The Morgan fingerprint density at radius 1 is 0.966 bits per heavy atom. The second-order valence-corrected chi connectivity index (χ2v) is 7.36. The highest BCUT2D eigenvalue weighted by Gasteiger charge is 2.28. The van der Waals surface area contributed by atoms with Gasteiger partial charge >= 0.3 is 0 Å². The summed E-state index contributed by atoms with van der Waals surface area (Å²) < 4.78 is 0. The third-order valence-corrected chi connectivity index (χ3v) is 4.81.